The summed E-state index contributed by atoms with van der Waals surface area (Å²) in [6.45, 7) is 8.94. The van der Waals surface area contributed by atoms with Gasteiger partial charge in [-0.15, -0.1) is 0 Å². The van der Waals surface area contributed by atoms with Crippen molar-refractivity contribution >= 4 is 28.9 Å². The Morgan fingerprint density at radius 3 is 2.75 bits per heavy atom. The SMILES string of the molecule is CC(C)(C)CC(=O)Nc1ccc(N2CCn3cccc3C2)cc1Cl. The highest BCUT2D eigenvalue weighted by molar-refractivity contribution is 6.34. The highest BCUT2D eigenvalue weighted by atomic mass is 35.5. The van der Waals surface area contributed by atoms with E-state index in [1.165, 1.54) is 5.69 Å². The highest BCUT2D eigenvalue weighted by Gasteiger charge is 2.19. The van der Waals surface area contributed by atoms with Crippen molar-refractivity contribution in [2.45, 2.75) is 40.3 Å². The summed E-state index contributed by atoms with van der Waals surface area (Å²) in [5.74, 6) is -0.00653. The van der Waals surface area contributed by atoms with Gasteiger partial charge in [-0.05, 0) is 35.7 Å². The van der Waals surface area contributed by atoms with Crippen LogP contribution in [0.4, 0.5) is 11.4 Å². The zero-order valence-corrected chi connectivity index (χ0v) is 15.2. The molecule has 5 heteroatoms. The molecule has 2 heterocycles. The lowest BCUT2D eigenvalue weighted by Gasteiger charge is -2.31. The Morgan fingerprint density at radius 2 is 2.04 bits per heavy atom. The molecule has 1 amide bonds. The van der Waals surface area contributed by atoms with E-state index in [4.69, 9.17) is 11.6 Å². The van der Waals surface area contributed by atoms with Crippen LogP contribution in [0.5, 0.6) is 0 Å². The molecule has 0 atom stereocenters. The van der Waals surface area contributed by atoms with Crippen molar-refractivity contribution in [3.63, 3.8) is 0 Å². The van der Waals surface area contributed by atoms with E-state index in [0.29, 0.717) is 17.1 Å². The number of carbonyl (C=O) groups excluding carboxylic acids is 1. The zero-order chi connectivity index (χ0) is 17.3. The Labute approximate surface area is 148 Å². The van der Waals surface area contributed by atoms with Crippen molar-refractivity contribution in [1.82, 2.24) is 4.57 Å². The summed E-state index contributed by atoms with van der Waals surface area (Å²) in [5.41, 5.74) is 3.02. The van der Waals surface area contributed by atoms with Crippen LogP contribution in [0.1, 0.15) is 32.9 Å². The molecule has 0 unspecified atom stereocenters. The molecule has 3 rings (SSSR count). The summed E-state index contributed by atoms with van der Waals surface area (Å²) < 4.78 is 2.28. The van der Waals surface area contributed by atoms with Gasteiger partial charge in [0.2, 0.25) is 5.91 Å². The maximum Gasteiger partial charge on any atom is 0.224 e. The molecule has 1 N–H and O–H groups in total. The number of nitrogens with one attached hydrogen (secondary N) is 1. The van der Waals surface area contributed by atoms with Crippen molar-refractivity contribution < 1.29 is 4.79 Å². The first-order valence-corrected chi connectivity index (χ1v) is 8.68. The van der Waals surface area contributed by atoms with Gasteiger partial charge in [0.1, 0.15) is 0 Å². The van der Waals surface area contributed by atoms with E-state index in [0.717, 1.165) is 25.3 Å². The molecule has 0 saturated heterocycles. The lowest BCUT2D eigenvalue weighted by atomic mass is 9.92. The van der Waals surface area contributed by atoms with E-state index < -0.39 is 0 Å². The van der Waals surface area contributed by atoms with Crippen LogP contribution in [0.15, 0.2) is 36.5 Å². The van der Waals surface area contributed by atoms with Gasteiger partial charge >= 0.3 is 0 Å². The summed E-state index contributed by atoms with van der Waals surface area (Å²) in [6.07, 6.45) is 2.59. The number of benzene rings is 1. The highest BCUT2D eigenvalue weighted by Crippen LogP contribution is 2.30. The lowest BCUT2D eigenvalue weighted by Crippen LogP contribution is -2.33. The summed E-state index contributed by atoms with van der Waals surface area (Å²) >= 11 is 6.40. The van der Waals surface area contributed by atoms with Crippen LogP contribution in [-0.2, 0) is 17.9 Å². The van der Waals surface area contributed by atoms with Crippen molar-refractivity contribution in [1.29, 1.82) is 0 Å². The summed E-state index contributed by atoms with van der Waals surface area (Å²) in [7, 11) is 0. The second kappa shape index (κ2) is 6.52. The molecule has 0 saturated carbocycles. The van der Waals surface area contributed by atoms with Crippen LogP contribution in [-0.4, -0.2) is 17.0 Å². The minimum atomic E-state index is -0.0424. The van der Waals surface area contributed by atoms with Gasteiger partial charge in [0.15, 0.2) is 0 Å². The van der Waals surface area contributed by atoms with Crippen LogP contribution in [0.3, 0.4) is 0 Å². The maximum atomic E-state index is 12.1. The number of halogens is 1. The largest absolute Gasteiger partial charge is 0.364 e. The van der Waals surface area contributed by atoms with E-state index >= 15 is 0 Å². The first kappa shape index (κ1) is 16.9. The molecule has 0 radical (unpaired) electrons. The molecule has 2 aromatic rings. The normalized spacial score (nSPS) is 14.4. The Morgan fingerprint density at radius 1 is 1.25 bits per heavy atom. The number of rotatable bonds is 3. The van der Waals surface area contributed by atoms with Gasteiger partial charge in [0.25, 0.3) is 0 Å². The predicted molar refractivity (Wildman–Crippen MR) is 99.6 cm³/mol. The maximum absolute atomic E-state index is 12.1. The number of anilines is 2. The molecule has 24 heavy (non-hydrogen) atoms. The molecule has 0 spiro atoms. The van der Waals surface area contributed by atoms with Crippen LogP contribution in [0, 0.1) is 5.41 Å². The van der Waals surface area contributed by atoms with Gasteiger partial charge in [-0.25, -0.2) is 0 Å². The molecule has 0 fully saturated rings. The Kier molecular flexibility index (Phi) is 4.59. The van der Waals surface area contributed by atoms with Gasteiger partial charge < -0.3 is 14.8 Å². The molecule has 0 bridgehead atoms. The van der Waals surface area contributed by atoms with E-state index in [2.05, 4.69) is 33.1 Å². The smallest absolute Gasteiger partial charge is 0.224 e. The van der Waals surface area contributed by atoms with Crippen LogP contribution in [0.2, 0.25) is 5.02 Å². The van der Waals surface area contributed by atoms with E-state index in [1.807, 2.05) is 39.0 Å². The number of hydrogen-bond donors (Lipinski definition) is 1. The molecule has 1 aliphatic rings. The molecule has 128 valence electrons. The third-order valence-electron chi connectivity index (χ3n) is 4.17. The lowest BCUT2D eigenvalue weighted by molar-refractivity contribution is -0.117. The van der Waals surface area contributed by atoms with Gasteiger partial charge in [0, 0.05) is 37.1 Å². The second-order valence-corrected chi connectivity index (χ2v) is 7.97. The molecule has 4 nitrogen and oxygen atoms in total. The Balaban J connectivity index is 1.70. The summed E-state index contributed by atoms with van der Waals surface area (Å²) in [5, 5.41) is 3.49. The van der Waals surface area contributed by atoms with Crippen molar-refractivity contribution in [2.24, 2.45) is 5.41 Å². The van der Waals surface area contributed by atoms with Crippen molar-refractivity contribution in [3.8, 4) is 0 Å². The number of amides is 1. The van der Waals surface area contributed by atoms with E-state index in [9.17, 15) is 4.79 Å². The quantitative estimate of drug-likeness (QED) is 0.887. The van der Waals surface area contributed by atoms with Gasteiger partial charge in [0.05, 0.1) is 17.3 Å². The van der Waals surface area contributed by atoms with E-state index in [-0.39, 0.29) is 11.3 Å². The molecule has 0 aliphatic carbocycles. The number of fused-ring (bicyclic) bond motifs is 1. The number of nitrogens with zero attached hydrogens (tertiary/aromatic N) is 2. The standard InChI is InChI=1S/C19H24ClN3O/c1-19(2,3)12-18(24)21-17-7-6-14(11-16(17)20)23-10-9-22-8-4-5-15(22)13-23/h4-8,11H,9-10,12-13H2,1-3H3,(H,21,24). The molecule has 1 aromatic carbocycles. The van der Waals surface area contributed by atoms with Gasteiger partial charge in [-0.2, -0.15) is 0 Å². The summed E-state index contributed by atoms with van der Waals surface area (Å²) in [4.78, 5) is 14.4. The Bertz CT molecular complexity index is 745. The Hall–Kier alpha value is -1.94. The minimum absolute atomic E-state index is 0.00653. The third kappa shape index (κ3) is 3.93. The molecular weight excluding hydrogens is 322 g/mol. The summed E-state index contributed by atoms with van der Waals surface area (Å²) in [6, 6.07) is 10.1. The topological polar surface area (TPSA) is 37.3 Å². The molecular formula is C19H24ClN3O. The van der Waals surface area contributed by atoms with Crippen LogP contribution >= 0.6 is 11.6 Å². The average Bonchev–Trinajstić information content (AvgIpc) is 2.94. The first-order valence-electron chi connectivity index (χ1n) is 8.30. The predicted octanol–water partition coefficient (Wildman–Crippen LogP) is 4.54. The average molecular weight is 346 g/mol. The molecule has 1 aliphatic heterocycles. The fourth-order valence-corrected chi connectivity index (χ4v) is 3.23. The zero-order valence-electron chi connectivity index (χ0n) is 14.5. The fourth-order valence-electron chi connectivity index (χ4n) is 3.01. The van der Waals surface area contributed by atoms with Gasteiger partial charge in [-0.1, -0.05) is 32.4 Å². The van der Waals surface area contributed by atoms with Crippen LogP contribution < -0.4 is 10.2 Å². The minimum Gasteiger partial charge on any atom is -0.364 e. The van der Waals surface area contributed by atoms with Crippen LogP contribution in [0.25, 0.3) is 0 Å². The second-order valence-electron chi connectivity index (χ2n) is 7.56. The fraction of sp³-hybridized carbons (Fsp3) is 0.421. The third-order valence-corrected chi connectivity index (χ3v) is 4.48. The van der Waals surface area contributed by atoms with Crippen molar-refractivity contribution in [2.75, 3.05) is 16.8 Å². The van der Waals surface area contributed by atoms with Gasteiger partial charge in [-0.3, -0.25) is 4.79 Å². The van der Waals surface area contributed by atoms with E-state index in [1.54, 1.807) is 0 Å². The monoisotopic (exact) mass is 345 g/mol. The first-order chi connectivity index (χ1) is 11.3. The molecule has 1 aromatic heterocycles. The number of hydrogen-bond acceptors (Lipinski definition) is 2. The number of aromatic nitrogens is 1. The number of carbonyl (C=O) groups is 1. The van der Waals surface area contributed by atoms with Crippen molar-refractivity contribution in [3.05, 3.63) is 47.2 Å².